The number of carbonyl (C=O) groups is 3. The molecule has 2 heterocycles. The fourth-order valence-corrected chi connectivity index (χ4v) is 4.08. The second-order valence-electron chi connectivity index (χ2n) is 6.94. The van der Waals surface area contributed by atoms with E-state index >= 15 is 0 Å². The lowest BCUT2D eigenvalue weighted by molar-refractivity contribution is -0.153. The summed E-state index contributed by atoms with van der Waals surface area (Å²) >= 11 is 0. The number of amides is 2. The maximum atomic E-state index is 12.6. The summed E-state index contributed by atoms with van der Waals surface area (Å²) in [6.07, 6.45) is 0. The van der Waals surface area contributed by atoms with Crippen LogP contribution in [-0.2, 0) is 14.4 Å². The summed E-state index contributed by atoms with van der Waals surface area (Å²) < 4.78 is 0. The van der Waals surface area contributed by atoms with Gasteiger partial charge in [0.25, 0.3) is 0 Å². The number of carboxylic acid groups (broad SMARTS) is 1. The molecule has 8 heteroatoms. The van der Waals surface area contributed by atoms with Crippen LogP contribution in [0.15, 0.2) is 18.2 Å². The summed E-state index contributed by atoms with van der Waals surface area (Å²) in [5.74, 6) is -5.26. The van der Waals surface area contributed by atoms with Gasteiger partial charge in [0.05, 0.1) is 11.8 Å². The number of hydrogen-bond donors (Lipinski definition) is 4. The topological polar surface area (TPSA) is 127 Å². The summed E-state index contributed by atoms with van der Waals surface area (Å²) in [7, 11) is 1.35. The Bertz CT molecular complexity index is 776. The number of benzene rings is 1. The van der Waals surface area contributed by atoms with E-state index in [0.29, 0.717) is 5.56 Å². The third kappa shape index (κ3) is 2.13. The molecule has 4 N–H and O–H groups in total. The molecule has 1 aromatic rings. The maximum Gasteiger partial charge on any atom is 0.325 e. The van der Waals surface area contributed by atoms with Crippen molar-refractivity contribution < 1.29 is 29.7 Å². The van der Waals surface area contributed by atoms with Crippen LogP contribution in [0, 0.1) is 17.8 Å². The van der Waals surface area contributed by atoms with Crippen LogP contribution in [0.3, 0.4) is 0 Å². The minimum atomic E-state index is -1.60. The fraction of sp³-hybridized carbons (Fsp3) is 0.471. The Morgan fingerprint density at radius 1 is 1.20 bits per heavy atom. The molecule has 0 saturated carbocycles. The lowest BCUT2D eigenvalue weighted by Gasteiger charge is -2.34. The number of phenolic OH excluding ortho intramolecular Hbond substituents is 2. The van der Waals surface area contributed by atoms with Crippen molar-refractivity contribution in [3.63, 3.8) is 0 Å². The van der Waals surface area contributed by atoms with Gasteiger partial charge in [-0.25, -0.2) is 0 Å². The van der Waals surface area contributed by atoms with E-state index in [1.165, 1.54) is 25.2 Å². The Hall–Kier alpha value is -2.61. The van der Waals surface area contributed by atoms with Crippen molar-refractivity contribution in [1.29, 1.82) is 0 Å². The summed E-state index contributed by atoms with van der Waals surface area (Å²) in [5, 5.41) is 32.1. The van der Waals surface area contributed by atoms with E-state index in [9.17, 15) is 29.7 Å². The number of aliphatic carboxylic acids is 1. The lowest BCUT2D eigenvalue weighted by Crippen LogP contribution is -2.59. The minimum Gasteiger partial charge on any atom is -0.504 e. The number of nitrogens with zero attached hydrogens (tertiary/aromatic N) is 1. The number of imide groups is 1. The normalized spacial score (nSPS) is 31.7. The largest absolute Gasteiger partial charge is 0.504 e. The molecule has 2 aliphatic rings. The molecule has 2 amide bonds. The molecule has 2 saturated heterocycles. The molecule has 4 unspecified atom stereocenters. The highest BCUT2D eigenvalue weighted by Gasteiger charge is 2.68. The first-order valence-corrected chi connectivity index (χ1v) is 7.97. The van der Waals surface area contributed by atoms with E-state index in [1.807, 2.05) is 0 Å². The zero-order valence-corrected chi connectivity index (χ0v) is 14.1. The molecule has 1 aromatic carbocycles. The zero-order chi connectivity index (χ0) is 18.7. The zero-order valence-electron chi connectivity index (χ0n) is 14.1. The third-order valence-corrected chi connectivity index (χ3v) is 5.44. The van der Waals surface area contributed by atoms with Gasteiger partial charge in [0.2, 0.25) is 11.8 Å². The molecule has 0 aromatic heterocycles. The Morgan fingerprint density at radius 3 is 2.36 bits per heavy atom. The van der Waals surface area contributed by atoms with Gasteiger partial charge < -0.3 is 15.3 Å². The molecule has 2 aliphatic heterocycles. The number of fused-ring (bicyclic) bond motifs is 1. The van der Waals surface area contributed by atoms with E-state index < -0.39 is 47.1 Å². The first-order chi connectivity index (χ1) is 11.6. The van der Waals surface area contributed by atoms with Gasteiger partial charge in [0.15, 0.2) is 11.5 Å². The minimum absolute atomic E-state index is 0.322. The molecular formula is C17H20N2O6. The average molecular weight is 348 g/mol. The molecule has 4 atom stereocenters. The van der Waals surface area contributed by atoms with Gasteiger partial charge in [0.1, 0.15) is 5.54 Å². The summed E-state index contributed by atoms with van der Waals surface area (Å²) in [5.41, 5.74) is -1.16. The number of hydrogen-bond acceptors (Lipinski definition) is 6. The van der Waals surface area contributed by atoms with Crippen molar-refractivity contribution in [2.45, 2.75) is 25.4 Å². The van der Waals surface area contributed by atoms with Gasteiger partial charge in [0, 0.05) is 13.1 Å². The number of phenols is 2. The maximum absolute atomic E-state index is 12.6. The van der Waals surface area contributed by atoms with E-state index in [2.05, 4.69) is 5.32 Å². The Morgan fingerprint density at radius 2 is 1.84 bits per heavy atom. The second kappa shape index (κ2) is 5.45. The van der Waals surface area contributed by atoms with Gasteiger partial charge >= 0.3 is 5.97 Å². The highest BCUT2D eigenvalue weighted by Crippen LogP contribution is 2.51. The lowest BCUT2D eigenvalue weighted by atomic mass is 9.73. The molecule has 25 heavy (non-hydrogen) atoms. The van der Waals surface area contributed by atoms with Crippen molar-refractivity contribution in [2.24, 2.45) is 17.8 Å². The summed E-state index contributed by atoms with van der Waals surface area (Å²) in [6, 6.07) is 3.27. The van der Waals surface area contributed by atoms with Crippen molar-refractivity contribution in [1.82, 2.24) is 10.2 Å². The van der Waals surface area contributed by atoms with Crippen LogP contribution in [0.5, 0.6) is 11.5 Å². The van der Waals surface area contributed by atoms with Crippen molar-refractivity contribution in [2.75, 3.05) is 7.05 Å². The van der Waals surface area contributed by atoms with E-state index in [0.717, 1.165) is 4.90 Å². The van der Waals surface area contributed by atoms with Crippen molar-refractivity contribution in [3.8, 4) is 11.5 Å². The Kier molecular flexibility index (Phi) is 3.75. The number of rotatable bonds is 3. The standard InChI is InChI=1S/C17H20N2O6/c1-7(2)17(16(24)25)12-11(14(22)19(3)15(12)23)13(18-17)8-4-5-9(20)10(21)6-8/h4-7,11-13,18,20-21H,1-3H3,(H,24,25). The van der Waals surface area contributed by atoms with Gasteiger partial charge in [-0.1, -0.05) is 19.9 Å². The van der Waals surface area contributed by atoms with Crippen molar-refractivity contribution >= 4 is 17.8 Å². The third-order valence-electron chi connectivity index (χ3n) is 5.44. The molecule has 0 spiro atoms. The predicted molar refractivity (Wildman–Crippen MR) is 85.6 cm³/mol. The Labute approximate surface area is 144 Å². The number of nitrogens with one attached hydrogen (secondary N) is 1. The first kappa shape index (κ1) is 17.2. The molecule has 8 nitrogen and oxygen atoms in total. The number of carboxylic acids is 1. The molecule has 0 aliphatic carbocycles. The average Bonchev–Trinajstić information content (AvgIpc) is 3.01. The molecular weight excluding hydrogens is 328 g/mol. The monoisotopic (exact) mass is 348 g/mol. The second-order valence-corrected chi connectivity index (χ2v) is 6.94. The number of carbonyl (C=O) groups excluding carboxylic acids is 2. The molecule has 134 valence electrons. The highest BCUT2D eigenvalue weighted by atomic mass is 16.4. The quantitative estimate of drug-likeness (QED) is 0.461. The van der Waals surface area contributed by atoms with Crippen LogP contribution in [0.1, 0.15) is 25.5 Å². The van der Waals surface area contributed by atoms with Crippen LogP contribution in [0.2, 0.25) is 0 Å². The van der Waals surface area contributed by atoms with Gasteiger partial charge in [-0.3, -0.25) is 24.6 Å². The SMILES string of the molecule is CC(C)C1(C(=O)O)NC(c2ccc(O)c(O)c2)C2C(=O)N(C)C(=O)C21. The van der Waals surface area contributed by atoms with Gasteiger partial charge in [-0.15, -0.1) is 0 Å². The van der Waals surface area contributed by atoms with Crippen LogP contribution in [0.25, 0.3) is 0 Å². The first-order valence-electron chi connectivity index (χ1n) is 7.97. The van der Waals surface area contributed by atoms with Crippen LogP contribution in [0.4, 0.5) is 0 Å². The van der Waals surface area contributed by atoms with Crippen LogP contribution in [-0.4, -0.2) is 50.6 Å². The molecule has 3 rings (SSSR count). The fourth-order valence-electron chi connectivity index (χ4n) is 4.08. The van der Waals surface area contributed by atoms with E-state index in [-0.39, 0.29) is 11.5 Å². The Balaban J connectivity index is 2.18. The smallest absolute Gasteiger partial charge is 0.325 e. The van der Waals surface area contributed by atoms with E-state index in [1.54, 1.807) is 13.8 Å². The van der Waals surface area contributed by atoms with Crippen LogP contribution < -0.4 is 5.32 Å². The summed E-state index contributed by atoms with van der Waals surface area (Å²) in [6.45, 7) is 3.37. The van der Waals surface area contributed by atoms with Crippen LogP contribution >= 0.6 is 0 Å². The number of aromatic hydroxyl groups is 2. The summed E-state index contributed by atoms with van der Waals surface area (Å²) in [4.78, 5) is 38.4. The highest BCUT2D eigenvalue weighted by molar-refractivity contribution is 6.09. The van der Waals surface area contributed by atoms with Gasteiger partial charge in [-0.05, 0) is 23.6 Å². The molecule has 0 bridgehead atoms. The van der Waals surface area contributed by atoms with E-state index in [4.69, 9.17) is 0 Å². The van der Waals surface area contributed by atoms with Gasteiger partial charge in [-0.2, -0.15) is 0 Å². The predicted octanol–water partition coefficient (Wildman–Crippen LogP) is 0.452. The number of likely N-dealkylation sites (tertiary alicyclic amines) is 1. The van der Waals surface area contributed by atoms with Crippen molar-refractivity contribution in [3.05, 3.63) is 23.8 Å². The molecule has 0 radical (unpaired) electrons. The molecule has 2 fully saturated rings.